The predicted molar refractivity (Wildman–Crippen MR) is 59.4 cm³/mol. The van der Waals surface area contributed by atoms with E-state index in [4.69, 9.17) is 0 Å². The molecule has 80 valence electrons. The molecule has 0 spiro atoms. The Bertz CT molecular complexity index is 242. The van der Waals surface area contributed by atoms with Crippen LogP contribution in [0.1, 0.15) is 31.9 Å². The minimum Gasteiger partial charge on any atom is -0.315 e. The van der Waals surface area contributed by atoms with E-state index in [-0.39, 0.29) is 0 Å². The van der Waals surface area contributed by atoms with Gasteiger partial charge in [-0.15, -0.1) is 0 Å². The van der Waals surface area contributed by atoms with E-state index < -0.39 is 0 Å². The summed E-state index contributed by atoms with van der Waals surface area (Å²) in [7, 11) is 0. The highest BCUT2D eigenvalue weighted by Crippen LogP contribution is 1.94. The van der Waals surface area contributed by atoms with Crippen LogP contribution in [0.15, 0.2) is 12.3 Å². The molecule has 1 N–H and O–H groups in total. The second-order valence-electron chi connectivity index (χ2n) is 3.65. The Kier molecular flexibility index (Phi) is 5.30. The number of aryl methyl sites for hydroxylation is 1. The lowest BCUT2D eigenvalue weighted by molar-refractivity contribution is 0.532. The van der Waals surface area contributed by atoms with Gasteiger partial charge in [0.2, 0.25) is 0 Å². The van der Waals surface area contributed by atoms with Gasteiger partial charge in [0.25, 0.3) is 0 Å². The molecule has 3 nitrogen and oxygen atoms in total. The Balaban J connectivity index is 2.02. The lowest BCUT2D eigenvalue weighted by Gasteiger charge is -2.05. The van der Waals surface area contributed by atoms with Crippen LogP contribution < -0.4 is 5.32 Å². The fourth-order valence-electron chi connectivity index (χ4n) is 1.44. The van der Waals surface area contributed by atoms with E-state index in [2.05, 4.69) is 24.3 Å². The van der Waals surface area contributed by atoms with Crippen molar-refractivity contribution in [3.05, 3.63) is 18.0 Å². The molecule has 1 aromatic rings. The van der Waals surface area contributed by atoms with Gasteiger partial charge in [0.1, 0.15) is 0 Å². The van der Waals surface area contributed by atoms with Crippen molar-refractivity contribution in [2.75, 3.05) is 13.1 Å². The number of rotatable bonds is 7. The molecule has 1 aromatic heterocycles. The lowest BCUT2D eigenvalue weighted by Crippen LogP contribution is -2.21. The maximum atomic E-state index is 4.23. The molecule has 3 heteroatoms. The van der Waals surface area contributed by atoms with Gasteiger partial charge in [0, 0.05) is 18.4 Å². The van der Waals surface area contributed by atoms with Gasteiger partial charge in [-0.1, -0.05) is 19.8 Å². The summed E-state index contributed by atoms with van der Waals surface area (Å²) in [5.74, 6) is 0. The summed E-state index contributed by atoms with van der Waals surface area (Å²) in [5, 5.41) is 7.65. The topological polar surface area (TPSA) is 29.9 Å². The van der Waals surface area contributed by atoms with Crippen LogP contribution in [0.4, 0.5) is 0 Å². The zero-order chi connectivity index (χ0) is 10.2. The van der Waals surface area contributed by atoms with Crippen LogP contribution in [-0.4, -0.2) is 22.9 Å². The SMILES string of the molecule is CCCCCNCCn1nccc1C. The normalized spacial score (nSPS) is 10.7. The summed E-state index contributed by atoms with van der Waals surface area (Å²) < 4.78 is 2.03. The van der Waals surface area contributed by atoms with Crippen molar-refractivity contribution in [3.63, 3.8) is 0 Å². The highest BCUT2D eigenvalue weighted by atomic mass is 15.3. The largest absolute Gasteiger partial charge is 0.315 e. The minimum atomic E-state index is 0.977. The minimum absolute atomic E-state index is 0.977. The number of nitrogens with one attached hydrogen (secondary N) is 1. The molecule has 14 heavy (non-hydrogen) atoms. The average Bonchev–Trinajstić information content (AvgIpc) is 2.58. The molecule has 0 fully saturated rings. The molecule has 0 radical (unpaired) electrons. The lowest BCUT2D eigenvalue weighted by atomic mass is 10.2. The fraction of sp³-hybridized carbons (Fsp3) is 0.727. The van der Waals surface area contributed by atoms with Crippen LogP contribution in [0.2, 0.25) is 0 Å². The zero-order valence-electron chi connectivity index (χ0n) is 9.29. The van der Waals surface area contributed by atoms with E-state index >= 15 is 0 Å². The number of nitrogens with zero attached hydrogens (tertiary/aromatic N) is 2. The quantitative estimate of drug-likeness (QED) is 0.674. The molecule has 1 rings (SSSR count). The summed E-state index contributed by atoms with van der Waals surface area (Å²) in [6.45, 7) is 7.45. The standard InChI is InChI=1S/C11H21N3/c1-3-4-5-7-12-9-10-14-11(2)6-8-13-14/h6,8,12H,3-5,7,9-10H2,1-2H3. The van der Waals surface area contributed by atoms with Crippen molar-refractivity contribution in [1.29, 1.82) is 0 Å². The van der Waals surface area contributed by atoms with Crippen molar-refractivity contribution in [3.8, 4) is 0 Å². The molecule has 0 aliphatic heterocycles. The van der Waals surface area contributed by atoms with Gasteiger partial charge in [-0.25, -0.2) is 0 Å². The van der Waals surface area contributed by atoms with Crippen molar-refractivity contribution < 1.29 is 0 Å². The van der Waals surface area contributed by atoms with E-state index in [1.54, 1.807) is 0 Å². The van der Waals surface area contributed by atoms with Crippen LogP contribution in [0.25, 0.3) is 0 Å². The van der Waals surface area contributed by atoms with Crippen LogP contribution >= 0.6 is 0 Å². The van der Waals surface area contributed by atoms with Crippen LogP contribution in [0.5, 0.6) is 0 Å². The van der Waals surface area contributed by atoms with E-state index in [9.17, 15) is 0 Å². The molecule has 0 amide bonds. The number of unbranched alkanes of at least 4 members (excludes halogenated alkanes) is 2. The Labute approximate surface area is 86.5 Å². The van der Waals surface area contributed by atoms with Crippen LogP contribution in [0.3, 0.4) is 0 Å². The maximum absolute atomic E-state index is 4.23. The molecule has 0 aliphatic rings. The van der Waals surface area contributed by atoms with Gasteiger partial charge in [-0.05, 0) is 26.0 Å². The third kappa shape index (κ3) is 3.92. The molecule has 0 saturated carbocycles. The molecular formula is C11H21N3. The first-order chi connectivity index (χ1) is 6.84. The summed E-state index contributed by atoms with van der Waals surface area (Å²) in [4.78, 5) is 0. The first-order valence-corrected chi connectivity index (χ1v) is 5.53. The van der Waals surface area contributed by atoms with Crippen molar-refractivity contribution in [2.45, 2.75) is 39.7 Å². The summed E-state index contributed by atoms with van der Waals surface area (Å²) in [5.41, 5.74) is 1.24. The Morgan fingerprint density at radius 2 is 2.21 bits per heavy atom. The number of hydrogen-bond donors (Lipinski definition) is 1. The zero-order valence-corrected chi connectivity index (χ0v) is 9.29. The van der Waals surface area contributed by atoms with Crippen molar-refractivity contribution in [1.82, 2.24) is 15.1 Å². The van der Waals surface area contributed by atoms with Crippen LogP contribution in [0, 0.1) is 6.92 Å². The van der Waals surface area contributed by atoms with Gasteiger partial charge in [-0.2, -0.15) is 5.10 Å². The second-order valence-corrected chi connectivity index (χ2v) is 3.65. The molecule has 0 bridgehead atoms. The van der Waals surface area contributed by atoms with E-state index in [0.29, 0.717) is 0 Å². The first-order valence-electron chi connectivity index (χ1n) is 5.53. The summed E-state index contributed by atoms with van der Waals surface area (Å²) >= 11 is 0. The predicted octanol–water partition coefficient (Wildman–Crippen LogP) is 1.97. The molecule has 0 atom stereocenters. The molecule has 0 aliphatic carbocycles. The number of hydrogen-bond acceptors (Lipinski definition) is 2. The van der Waals surface area contributed by atoms with Gasteiger partial charge < -0.3 is 5.32 Å². The molecule has 1 heterocycles. The molecule has 0 aromatic carbocycles. The average molecular weight is 195 g/mol. The van der Waals surface area contributed by atoms with Crippen LogP contribution in [-0.2, 0) is 6.54 Å². The van der Waals surface area contributed by atoms with Gasteiger partial charge in [0.05, 0.1) is 6.54 Å². The summed E-state index contributed by atoms with van der Waals surface area (Å²) in [6, 6.07) is 2.04. The van der Waals surface area contributed by atoms with Gasteiger partial charge >= 0.3 is 0 Å². The van der Waals surface area contributed by atoms with E-state index in [1.165, 1.54) is 25.0 Å². The highest BCUT2D eigenvalue weighted by Gasteiger charge is 1.95. The third-order valence-electron chi connectivity index (χ3n) is 2.39. The third-order valence-corrected chi connectivity index (χ3v) is 2.39. The van der Waals surface area contributed by atoms with E-state index in [0.717, 1.165) is 19.6 Å². The molecule has 0 saturated heterocycles. The smallest absolute Gasteiger partial charge is 0.0537 e. The molecule has 0 unspecified atom stereocenters. The maximum Gasteiger partial charge on any atom is 0.0537 e. The fourth-order valence-corrected chi connectivity index (χ4v) is 1.44. The van der Waals surface area contributed by atoms with E-state index in [1.807, 2.05) is 16.9 Å². The Morgan fingerprint density at radius 1 is 1.36 bits per heavy atom. The Hall–Kier alpha value is -0.830. The number of aromatic nitrogens is 2. The van der Waals surface area contributed by atoms with Gasteiger partial charge in [0.15, 0.2) is 0 Å². The first kappa shape index (κ1) is 11.2. The van der Waals surface area contributed by atoms with Crippen molar-refractivity contribution in [2.24, 2.45) is 0 Å². The second kappa shape index (κ2) is 6.60. The van der Waals surface area contributed by atoms with Crippen molar-refractivity contribution >= 4 is 0 Å². The highest BCUT2D eigenvalue weighted by molar-refractivity contribution is 4.96. The molecular weight excluding hydrogens is 174 g/mol. The monoisotopic (exact) mass is 195 g/mol. The van der Waals surface area contributed by atoms with Gasteiger partial charge in [-0.3, -0.25) is 4.68 Å². The Morgan fingerprint density at radius 3 is 2.86 bits per heavy atom. The summed E-state index contributed by atoms with van der Waals surface area (Å²) in [6.07, 6.45) is 5.76.